The van der Waals surface area contributed by atoms with Crippen LogP contribution in [0.4, 0.5) is 10.5 Å². The summed E-state index contributed by atoms with van der Waals surface area (Å²) in [5.41, 5.74) is 6.41. The Morgan fingerprint density at radius 3 is 2.32 bits per heavy atom. The molecule has 0 aliphatic carbocycles. The van der Waals surface area contributed by atoms with Crippen molar-refractivity contribution in [3.8, 4) is 0 Å². The monoisotopic (exact) mass is 308 g/mol. The molecule has 0 aliphatic heterocycles. The Morgan fingerprint density at radius 2 is 1.82 bits per heavy atom. The first kappa shape index (κ1) is 17.8. The number of anilines is 1. The van der Waals surface area contributed by atoms with Crippen LogP contribution in [-0.4, -0.2) is 24.3 Å². The first-order valence-electron chi connectivity index (χ1n) is 7.22. The third-order valence-corrected chi connectivity index (χ3v) is 2.71. The van der Waals surface area contributed by atoms with E-state index in [1.807, 2.05) is 0 Å². The zero-order valence-electron chi connectivity index (χ0n) is 13.5. The van der Waals surface area contributed by atoms with E-state index < -0.39 is 17.7 Å². The highest BCUT2D eigenvalue weighted by Crippen LogP contribution is 2.20. The van der Waals surface area contributed by atoms with E-state index in [4.69, 9.17) is 15.2 Å². The van der Waals surface area contributed by atoms with Gasteiger partial charge in [-0.05, 0) is 45.4 Å². The molecule has 0 heterocycles. The van der Waals surface area contributed by atoms with Gasteiger partial charge in [-0.15, -0.1) is 0 Å². The minimum absolute atomic E-state index is 0.0248. The Bertz CT molecular complexity index is 506. The Kier molecular flexibility index (Phi) is 6.22. The molecule has 1 aromatic carbocycles. The van der Waals surface area contributed by atoms with Crippen LogP contribution in [0.15, 0.2) is 24.3 Å². The molecule has 0 fully saturated rings. The van der Waals surface area contributed by atoms with E-state index in [0.29, 0.717) is 12.3 Å². The van der Waals surface area contributed by atoms with Crippen LogP contribution >= 0.6 is 0 Å². The van der Waals surface area contributed by atoms with Crippen molar-refractivity contribution in [3.63, 3.8) is 0 Å². The molecular formula is C16H24N2O4. The van der Waals surface area contributed by atoms with E-state index in [1.54, 1.807) is 52.0 Å². The van der Waals surface area contributed by atoms with Crippen LogP contribution in [0.25, 0.3) is 0 Å². The highest BCUT2D eigenvalue weighted by Gasteiger charge is 2.23. The lowest BCUT2D eigenvalue weighted by molar-refractivity contribution is -0.143. The highest BCUT2D eigenvalue weighted by atomic mass is 16.6. The van der Waals surface area contributed by atoms with Gasteiger partial charge >= 0.3 is 12.1 Å². The predicted molar refractivity (Wildman–Crippen MR) is 84.2 cm³/mol. The van der Waals surface area contributed by atoms with Crippen molar-refractivity contribution in [3.05, 3.63) is 29.8 Å². The summed E-state index contributed by atoms with van der Waals surface area (Å²) in [6.07, 6.45) is -0.560. The number of hydrogen-bond acceptors (Lipinski definition) is 5. The number of carbonyl (C=O) groups excluding carboxylic acids is 2. The second kappa shape index (κ2) is 7.68. The Morgan fingerprint density at radius 1 is 1.23 bits per heavy atom. The van der Waals surface area contributed by atoms with Gasteiger partial charge in [0.15, 0.2) is 0 Å². The lowest BCUT2D eigenvalue weighted by Crippen LogP contribution is -2.36. The van der Waals surface area contributed by atoms with Gasteiger partial charge in [-0.2, -0.15) is 0 Å². The molecule has 0 spiro atoms. The number of rotatable bonds is 5. The van der Waals surface area contributed by atoms with Crippen molar-refractivity contribution in [1.29, 1.82) is 0 Å². The first-order chi connectivity index (χ1) is 10.2. The van der Waals surface area contributed by atoms with Gasteiger partial charge in [-0.25, -0.2) is 4.79 Å². The van der Waals surface area contributed by atoms with Gasteiger partial charge in [0.25, 0.3) is 0 Å². The third-order valence-electron chi connectivity index (χ3n) is 2.71. The van der Waals surface area contributed by atoms with Gasteiger partial charge in [0.2, 0.25) is 0 Å². The SMILES string of the molecule is CCOC(=O)C[C@@H](NC(=O)OC(C)(C)C)c1ccc(N)cc1. The molecule has 0 saturated heterocycles. The van der Waals surface area contributed by atoms with E-state index in [-0.39, 0.29) is 12.4 Å². The number of nitrogen functional groups attached to an aromatic ring is 1. The molecule has 122 valence electrons. The maximum absolute atomic E-state index is 11.9. The number of nitrogens with two attached hydrogens (primary N) is 1. The van der Waals surface area contributed by atoms with Crippen LogP contribution in [0.5, 0.6) is 0 Å². The first-order valence-corrected chi connectivity index (χ1v) is 7.22. The molecule has 0 bridgehead atoms. The molecule has 3 N–H and O–H groups in total. The molecule has 0 saturated carbocycles. The molecule has 0 unspecified atom stereocenters. The number of hydrogen-bond donors (Lipinski definition) is 2. The number of esters is 1. The van der Waals surface area contributed by atoms with Crippen molar-refractivity contribution in [2.75, 3.05) is 12.3 Å². The normalized spacial score (nSPS) is 12.4. The molecule has 1 aromatic rings. The molecule has 0 radical (unpaired) electrons. The van der Waals surface area contributed by atoms with Gasteiger partial charge in [-0.1, -0.05) is 12.1 Å². The quantitative estimate of drug-likeness (QED) is 0.644. The van der Waals surface area contributed by atoms with Crippen molar-refractivity contribution in [2.45, 2.75) is 45.8 Å². The predicted octanol–water partition coefficient (Wildman–Crippen LogP) is 2.79. The maximum atomic E-state index is 11.9. The fourth-order valence-electron chi connectivity index (χ4n) is 1.82. The number of amides is 1. The van der Waals surface area contributed by atoms with Crippen molar-refractivity contribution in [2.24, 2.45) is 0 Å². The van der Waals surface area contributed by atoms with E-state index in [1.165, 1.54) is 0 Å². The van der Waals surface area contributed by atoms with E-state index >= 15 is 0 Å². The summed E-state index contributed by atoms with van der Waals surface area (Å²) < 4.78 is 10.2. The zero-order chi connectivity index (χ0) is 16.8. The minimum Gasteiger partial charge on any atom is -0.466 e. The summed E-state index contributed by atoms with van der Waals surface area (Å²) in [5.74, 6) is -0.389. The molecule has 6 nitrogen and oxygen atoms in total. The highest BCUT2D eigenvalue weighted by molar-refractivity contribution is 5.73. The Balaban J connectivity index is 2.84. The summed E-state index contributed by atoms with van der Waals surface area (Å²) in [7, 11) is 0. The van der Waals surface area contributed by atoms with Crippen LogP contribution in [-0.2, 0) is 14.3 Å². The minimum atomic E-state index is -0.611. The maximum Gasteiger partial charge on any atom is 0.408 e. The fraction of sp³-hybridized carbons (Fsp3) is 0.500. The number of ether oxygens (including phenoxy) is 2. The summed E-state index contributed by atoms with van der Waals surface area (Å²) in [5, 5.41) is 2.70. The number of nitrogens with one attached hydrogen (secondary N) is 1. The summed E-state index contributed by atoms with van der Waals surface area (Å²) in [6, 6.07) is 6.41. The fourth-order valence-corrected chi connectivity index (χ4v) is 1.82. The second-order valence-corrected chi connectivity index (χ2v) is 5.87. The average molecular weight is 308 g/mol. The van der Waals surface area contributed by atoms with Crippen LogP contribution in [0, 0.1) is 0 Å². The molecule has 1 atom stereocenters. The summed E-state index contributed by atoms with van der Waals surface area (Å²) in [4.78, 5) is 23.7. The van der Waals surface area contributed by atoms with E-state index in [0.717, 1.165) is 5.56 Å². The van der Waals surface area contributed by atoms with Crippen molar-refractivity contribution < 1.29 is 19.1 Å². The van der Waals surface area contributed by atoms with Crippen LogP contribution in [0.2, 0.25) is 0 Å². The molecule has 0 aromatic heterocycles. The Labute approximate surface area is 131 Å². The smallest absolute Gasteiger partial charge is 0.408 e. The Hall–Kier alpha value is -2.24. The second-order valence-electron chi connectivity index (χ2n) is 5.87. The lowest BCUT2D eigenvalue weighted by Gasteiger charge is -2.23. The largest absolute Gasteiger partial charge is 0.466 e. The lowest BCUT2D eigenvalue weighted by atomic mass is 10.0. The molecule has 1 amide bonds. The summed E-state index contributed by atoms with van der Waals surface area (Å²) >= 11 is 0. The molecule has 6 heteroatoms. The van der Waals surface area contributed by atoms with Crippen molar-refractivity contribution >= 4 is 17.7 Å². The molecule has 0 aliphatic rings. The topological polar surface area (TPSA) is 90.6 Å². The zero-order valence-corrected chi connectivity index (χ0v) is 13.5. The molecule has 1 rings (SSSR count). The third kappa shape index (κ3) is 6.47. The van der Waals surface area contributed by atoms with Crippen LogP contribution in [0.3, 0.4) is 0 Å². The van der Waals surface area contributed by atoms with E-state index in [9.17, 15) is 9.59 Å². The van der Waals surface area contributed by atoms with Gasteiger partial charge in [0, 0.05) is 5.69 Å². The molecular weight excluding hydrogens is 284 g/mol. The summed E-state index contributed by atoms with van der Waals surface area (Å²) in [6.45, 7) is 7.35. The van der Waals surface area contributed by atoms with Crippen LogP contribution < -0.4 is 11.1 Å². The number of benzene rings is 1. The number of alkyl carbamates (subject to hydrolysis) is 1. The van der Waals surface area contributed by atoms with E-state index in [2.05, 4.69) is 5.32 Å². The average Bonchev–Trinajstić information content (AvgIpc) is 2.36. The van der Waals surface area contributed by atoms with Crippen LogP contribution in [0.1, 0.15) is 45.7 Å². The van der Waals surface area contributed by atoms with Crippen molar-refractivity contribution in [1.82, 2.24) is 5.32 Å². The number of carbonyl (C=O) groups is 2. The molecule has 22 heavy (non-hydrogen) atoms. The van der Waals surface area contributed by atoms with Gasteiger partial charge in [-0.3, -0.25) is 4.79 Å². The van der Waals surface area contributed by atoms with Gasteiger partial charge in [0.1, 0.15) is 5.60 Å². The van der Waals surface area contributed by atoms with Gasteiger partial charge < -0.3 is 20.5 Å². The standard InChI is InChI=1S/C16H24N2O4/c1-5-21-14(19)10-13(11-6-8-12(17)9-7-11)18-15(20)22-16(2,3)4/h6-9,13H,5,10,17H2,1-4H3,(H,18,20)/t13-/m1/s1. The van der Waals surface area contributed by atoms with Gasteiger partial charge in [0.05, 0.1) is 19.1 Å².